The summed E-state index contributed by atoms with van der Waals surface area (Å²) in [5.41, 5.74) is 0. The Morgan fingerprint density at radius 2 is 1.42 bits per heavy atom. The Labute approximate surface area is 100 Å². The zero-order chi connectivity index (χ0) is 7.71. The van der Waals surface area contributed by atoms with Gasteiger partial charge in [0, 0.05) is 0 Å². The van der Waals surface area contributed by atoms with Crippen LogP contribution < -0.4 is 4.16 Å². The Bertz CT molecular complexity index is 242. The minimum Gasteiger partial charge on any atom is 2.00 e. The first-order valence-electron chi connectivity index (χ1n) is 1.35. The van der Waals surface area contributed by atoms with Gasteiger partial charge in [-0.05, 0) is 0 Å². The average molecular weight is 406 g/mol. The summed E-state index contributed by atoms with van der Waals surface area (Å²) in [6.45, 7) is 0. The third-order valence-corrected chi connectivity index (χ3v) is 2.88. The molecule has 0 radical (unpaired) electrons. The van der Waals surface area contributed by atoms with Crippen LogP contribution in [-0.2, 0) is 92.6 Å². The summed E-state index contributed by atoms with van der Waals surface area (Å²) in [5.74, 6) is 0. The maximum absolute atomic E-state index is 9.49. The Morgan fingerprint density at radius 1 is 1.17 bits per heavy atom. The van der Waals surface area contributed by atoms with Crippen LogP contribution in [0.25, 0.3) is 0 Å². The smallest absolute Gasteiger partial charge is 2.00 e. The third kappa shape index (κ3) is 22.5. The van der Waals surface area contributed by atoms with E-state index in [1.807, 2.05) is 0 Å². The van der Waals surface area contributed by atoms with E-state index in [-0.39, 0.29) is 47.3 Å². The summed E-state index contributed by atoms with van der Waals surface area (Å²) in [6, 6.07) is 0. The summed E-state index contributed by atoms with van der Waals surface area (Å²) in [6.07, 6.45) is 0. The van der Waals surface area contributed by atoms with E-state index in [1.165, 1.54) is 0 Å². The second-order valence-electron chi connectivity index (χ2n) is 0.904. The van der Waals surface area contributed by atoms with Gasteiger partial charge in [-0.15, -0.1) is 0 Å². The van der Waals surface area contributed by atoms with Gasteiger partial charge >= 0.3 is 95.5 Å². The number of hydrogen-bond donors (Lipinski definition) is 1. The Morgan fingerprint density at radius 3 is 1.42 bits per heavy atom. The van der Waals surface area contributed by atoms with Gasteiger partial charge in [-0.25, -0.2) is 0 Å². The fourth-order valence-corrected chi connectivity index (χ4v) is 1.79. The first kappa shape index (κ1) is 23.4. The topological polar surface area (TPSA) is 149 Å². The molecule has 0 aromatic heterocycles. The predicted molar refractivity (Wildman–Crippen MR) is 6.74 cm³/mol. The molecular weight excluding hydrogens is 405 g/mol. The van der Waals surface area contributed by atoms with E-state index < -0.39 is 27.2 Å². The number of rotatable bonds is 2. The van der Waals surface area contributed by atoms with Gasteiger partial charge in [-0.3, -0.25) is 0 Å². The molecule has 0 aromatic carbocycles. The van der Waals surface area contributed by atoms with Crippen LogP contribution in [0.1, 0.15) is 0 Å². The molecule has 0 rings (SSSR count). The molecule has 0 atom stereocenters. The minimum absolute atomic E-state index is 0. The van der Waals surface area contributed by atoms with E-state index in [1.54, 1.807) is 0 Å². The van der Waals surface area contributed by atoms with Crippen molar-refractivity contribution in [2.45, 2.75) is 0 Å². The van der Waals surface area contributed by atoms with Gasteiger partial charge in [0.1, 0.15) is 0 Å². The maximum atomic E-state index is 9.49. The van der Waals surface area contributed by atoms with Crippen molar-refractivity contribution in [3.8, 4) is 0 Å². The molecule has 0 aliphatic rings. The molecule has 12 heavy (non-hydrogen) atoms. The van der Waals surface area contributed by atoms with Gasteiger partial charge in [0.05, 0.1) is 0 Å². The first-order chi connectivity index (χ1) is 3.71. The van der Waals surface area contributed by atoms with Crippen molar-refractivity contribution in [1.29, 1.82) is 0 Å². The molecule has 0 saturated carbocycles. The van der Waals surface area contributed by atoms with Crippen LogP contribution in [0.3, 0.4) is 0 Å². The Hall–Kier alpha value is 1.47. The van der Waals surface area contributed by atoms with Crippen molar-refractivity contribution < 1.29 is 101 Å². The van der Waals surface area contributed by atoms with Crippen LogP contribution in [0.4, 0.5) is 0 Å². The fraction of sp³-hybridized carbons (Fsp3) is 0. The normalized spacial score (nSPS) is 10.2. The van der Waals surface area contributed by atoms with Crippen LogP contribution >= 0.6 is 0 Å². The van der Waals surface area contributed by atoms with Crippen LogP contribution in [0.15, 0.2) is 0 Å². The zero-order valence-electron chi connectivity index (χ0n) is 5.13. The first-order valence-corrected chi connectivity index (χ1v) is 5.56. The van der Waals surface area contributed by atoms with Gasteiger partial charge in [0.2, 0.25) is 0 Å². The molecular formula is HAgCr2O8Zn. The van der Waals surface area contributed by atoms with E-state index in [2.05, 4.69) is 2.84 Å². The van der Waals surface area contributed by atoms with Crippen LogP contribution in [-0.4, -0.2) is 4.16 Å². The zero-order valence-corrected chi connectivity index (χ0v) is 12.1. The SMILES string of the molecule is [Ag+].[O-2].[O]=[Cr](=[O])([O-])[O][Cr](=[O])(=[O])[OH].[Zn+2]. The van der Waals surface area contributed by atoms with Crippen LogP contribution in [0.5, 0.6) is 0 Å². The van der Waals surface area contributed by atoms with Crippen molar-refractivity contribution >= 4 is 0 Å². The molecule has 0 amide bonds. The molecule has 0 aromatic rings. The van der Waals surface area contributed by atoms with E-state index in [4.69, 9.17) is 4.16 Å². The molecule has 0 saturated heterocycles. The van der Waals surface area contributed by atoms with Crippen molar-refractivity contribution in [2.75, 3.05) is 0 Å². The molecule has 0 aliphatic heterocycles. The average Bonchev–Trinajstić information content (AvgIpc) is 1.14. The van der Waals surface area contributed by atoms with Crippen molar-refractivity contribution in [3.05, 3.63) is 0 Å². The summed E-state index contributed by atoms with van der Waals surface area (Å²) in [7, 11) is 0. The summed E-state index contributed by atoms with van der Waals surface area (Å²) < 4.78 is 57.6. The minimum atomic E-state index is -6.01. The Balaban J connectivity index is -0.000000107. The second-order valence-corrected chi connectivity index (χ2v) is 4.60. The largest absolute Gasteiger partial charge is 2.00 e. The fourth-order valence-electron chi connectivity index (χ4n) is 0.105. The standard InChI is InChI=1S/Ag.2Cr.H2O.7O.Zn/h;;;1H2;;;;;;;;/q+1;;+1;;;;;;;-2;-1;+2/p-1. The van der Waals surface area contributed by atoms with E-state index in [0.717, 1.165) is 0 Å². The molecule has 0 bridgehead atoms. The summed E-state index contributed by atoms with van der Waals surface area (Å²) in [5, 5.41) is 0. The predicted octanol–water partition coefficient (Wildman–Crippen LogP) is -2.42. The van der Waals surface area contributed by atoms with Gasteiger partial charge in [-0.2, -0.15) is 0 Å². The van der Waals surface area contributed by atoms with Gasteiger partial charge in [0.25, 0.3) is 0 Å². The quantitative estimate of drug-likeness (QED) is 0.502. The molecule has 12 heteroatoms. The van der Waals surface area contributed by atoms with Crippen molar-refractivity contribution in [1.82, 2.24) is 0 Å². The Kier molecular flexibility index (Phi) is 15.2. The van der Waals surface area contributed by atoms with E-state index >= 15 is 0 Å². The summed E-state index contributed by atoms with van der Waals surface area (Å²) in [4.78, 5) is 0. The van der Waals surface area contributed by atoms with Gasteiger partial charge in [-0.1, -0.05) is 0 Å². The molecule has 0 unspecified atom stereocenters. The molecule has 1 N–H and O–H groups in total. The second kappa shape index (κ2) is 7.83. The van der Waals surface area contributed by atoms with Crippen molar-refractivity contribution in [2.24, 2.45) is 0 Å². The van der Waals surface area contributed by atoms with E-state index in [9.17, 15) is 19.4 Å². The van der Waals surface area contributed by atoms with Crippen LogP contribution in [0.2, 0.25) is 0 Å². The molecule has 0 heterocycles. The molecule has 74 valence electrons. The molecule has 8 nitrogen and oxygen atoms in total. The van der Waals surface area contributed by atoms with Crippen LogP contribution in [0, 0.1) is 0 Å². The molecule has 0 spiro atoms. The molecule has 0 fully saturated rings. The van der Waals surface area contributed by atoms with Gasteiger partial charge in [0.15, 0.2) is 0 Å². The summed E-state index contributed by atoms with van der Waals surface area (Å²) >= 11 is -11.8. The molecule has 0 aliphatic carbocycles. The third-order valence-electron chi connectivity index (χ3n) is 0.169. The van der Waals surface area contributed by atoms with E-state index in [0.29, 0.717) is 0 Å². The van der Waals surface area contributed by atoms with Gasteiger partial charge < -0.3 is 5.48 Å². The monoisotopic (exact) mass is 404 g/mol. The maximum Gasteiger partial charge on any atom is 2.00 e. The number of hydrogen-bond acceptors (Lipinski definition) is 6. The van der Waals surface area contributed by atoms with Crippen molar-refractivity contribution in [3.63, 3.8) is 0 Å².